The molecule has 22 heteroatoms. The first-order valence-electron chi connectivity index (χ1n) is 8.97. The Labute approximate surface area is 189 Å². The van der Waals surface area contributed by atoms with Crippen molar-refractivity contribution < 1.29 is 55.9 Å². The summed E-state index contributed by atoms with van der Waals surface area (Å²) in [5, 5.41) is 3.31. The molecule has 0 bridgehead atoms. The number of hydrogen-bond donors (Lipinski definition) is 5. The predicted octanol–water partition coefficient (Wildman–Crippen LogP) is 0.517. The van der Waals surface area contributed by atoms with E-state index in [0.717, 1.165) is 4.57 Å². The Bertz CT molecular complexity index is 1200. The molecule has 0 aliphatic carbocycles. The number of aryl methyl sites for hydroxylation is 1. The van der Waals surface area contributed by atoms with Crippen LogP contribution in [0.5, 0.6) is 0 Å². The second-order valence-electron chi connectivity index (χ2n) is 6.71. The first kappa shape index (κ1) is 28.6. The Kier molecular flexibility index (Phi) is 9.18. The maximum absolute atomic E-state index is 12.2. The Morgan fingerprint density at radius 2 is 1.91 bits per heavy atom. The molecule has 2 unspecified atom stereocenters. The van der Waals surface area contributed by atoms with Gasteiger partial charge in [0.05, 0.1) is 12.7 Å². The Morgan fingerprint density at radius 1 is 1.26 bits per heavy atom. The zero-order valence-corrected chi connectivity index (χ0v) is 20.0. The monoisotopic (exact) mass is 551 g/mol. The van der Waals surface area contributed by atoms with E-state index in [1.807, 2.05) is 0 Å². The molecule has 0 spiro atoms. The van der Waals surface area contributed by atoms with Crippen LogP contribution in [-0.2, 0) is 36.3 Å². The van der Waals surface area contributed by atoms with E-state index in [1.54, 1.807) is 0 Å². The van der Waals surface area contributed by atoms with E-state index in [9.17, 15) is 33.1 Å². The van der Waals surface area contributed by atoms with Crippen LogP contribution in [0.15, 0.2) is 20.9 Å². The zero-order valence-electron chi connectivity index (χ0n) is 17.3. The number of nitrogens with one attached hydrogen (secondary N) is 1. The highest BCUT2D eigenvalue weighted by Crippen LogP contribution is 2.66. The van der Waals surface area contributed by atoms with Gasteiger partial charge in [0, 0.05) is 23.1 Å². The normalized spacial score (nSPS) is 25.2. The van der Waals surface area contributed by atoms with Crippen LogP contribution in [0.25, 0.3) is 10.4 Å². The van der Waals surface area contributed by atoms with Crippen LogP contribution < -0.4 is 11.2 Å². The molecule has 2 heterocycles. The topological polar surface area (TPSA) is 282 Å². The van der Waals surface area contributed by atoms with E-state index in [4.69, 9.17) is 24.8 Å². The summed E-state index contributed by atoms with van der Waals surface area (Å²) in [5.74, 6) is 0. The average Bonchev–Trinajstić information content (AvgIpc) is 3.02. The number of phosphoric ester groups is 1. The highest BCUT2D eigenvalue weighted by Gasteiger charge is 2.43. The summed E-state index contributed by atoms with van der Waals surface area (Å²) in [5.41, 5.74) is 7.24. The van der Waals surface area contributed by atoms with Crippen LogP contribution in [0.3, 0.4) is 0 Å². The van der Waals surface area contributed by atoms with Gasteiger partial charge < -0.3 is 29.0 Å². The van der Waals surface area contributed by atoms with Crippen LogP contribution in [0, 0.1) is 6.92 Å². The Hall–Kier alpha value is -1.68. The predicted molar refractivity (Wildman–Crippen MR) is 108 cm³/mol. The minimum absolute atomic E-state index is 0.0961. The number of aromatic amines is 1. The van der Waals surface area contributed by atoms with Crippen LogP contribution in [0.2, 0.25) is 0 Å². The highest BCUT2D eigenvalue weighted by molar-refractivity contribution is 7.66. The summed E-state index contributed by atoms with van der Waals surface area (Å²) in [7, 11) is -16.8. The third-order valence-electron chi connectivity index (χ3n) is 4.04. The van der Waals surface area contributed by atoms with Gasteiger partial charge in [-0.1, -0.05) is 5.11 Å². The SMILES string of the molecule is Cc1cn([C@H]2C[C@@H](O[C@H](C)N=[N+]=[N-])[C@@H](COP(=O)(O)OP(=O)(O)OP(=O)(O)O)O2)c(=O)[nH]c1=O. The highest BCUT2D eigenvalue weighted by atomic mass is 31.3. The Balaban J connectivity index is 2.20. The van der Waals surface area contributed by atoms with E-state index in [2.05, 4.69) is 28.2 Å². The lowest BCUT2D eigenvalue weighted by Gasteiger charge is -2.22. The summed E-state index contributed by atoms with van der Waals surface area (Å²) < 4.78 is 58.0. The van der Waals surface area contributed by atoms with E-state index < -0.39 is 66.0 Å². The Morgan fingerprint density at radius 3 is 2.50 bits per heavy atom. The fraction of sp³-hybridized carbons (Fsp3) is 0.667. The maximum Gasteiger partial charge on any atom is 0.490 e. The van der Waals surface area contributed by atoms with Gasteiger partial charge in [-0.2, -0.15) is 8.62 Å². The number of azide groups is 1. The molecule has 19 nitrogen and oxygen atoms in total. The standard InChI is InChI=1S/C12H20N5O14P3/c1-6-4-17(12(19)14-11(6)18)10-3-8(28-7(2)15-16-13)9(29-10)5-27-33(23,24)31-34(25,26)30-32(20,21)22/h4,7-10H,3,5H2,1-2H3,(H,23,24)(H,25,26)(H,14,18,19)(H2,20,21,22)/t7-,8-,9-,10-/m1/s1. The number of nitrogens with zero attached hydrogens (tertiary/aromatic N) is 4. The number of aromatic nitrogens is 2. The molecular weight excluding hydrogens is 531 g/mol. The molecule has 0 aromatic carbocycles. The summed E-state index contributed by atoms with van der Waals surface area (Å²) >= 11 is 0. The van der Waals surface area contributed by atoms with Crippen LogP contribution in [0.4, 0.5) is 0 Å². The summed E-state index contributed by atoms with van der Waals surface area (Å²) in [4.78, 5) is 64.3. The summed E-state index contributed by atoms with van der Waals surface area (Å²) in [6.45, 7) is 1.92. The second kappa shape index (κ2) is 10.9. The van der Waals surface area contributed by atoms with Crippen molar-refractivity contribution in [3.8, 4) is 0 Å². The van der Waals surface area contributed by atoms with Gasteiger partial charge in [-0.3, -0.25) is 18.9 Å². The van der Waals surface area contributed by atoms with Crippen molar-refractivity contribution in [1.29, 1.82) is 0 Å². The molecular formula is C12H20N5O14P3. The van der Waals surface area contributed by atoms with Crippen molar-refractivity contribution >= 4 is 23.5 Å². The molecule has 2 rings (SSSR count). The smallest absolute Gasteiger partial charge is 0.366 e. The molecule has 5 N–H and O–H groups in total. The number of hydrogen-bond acceptors (Lipinski definition) is 11. The largest absolute Gasteiger partial charge is 0.490 e. The lowest BCUT2D eigenvalue weighted by Crippen LogP contribution is -2.33. The van der Waals surface area contributed by atoms with Crippen molar-refractivity contribution in [1.82, 2.24) is 9.55 Å². The molecule has 1 aromatic heterocycles. The lowest BCUT2D eigenvalue weighted by molar-refractivity contribution is -0.0757. The molecule has 6 atom stereocenters. The first-order valence-corrected chi connectivity index (χ1v) is 13.5. The van der Waals surface area contributed by atoms with Crippen LogP contribution >= 0.6 is 23.5 Å². The van der Waals surface area contributed by atoms with E-state index in [-0.39, 0.29) is 12.0 Å². The molecule has 0 saturated carbocycles. The van der Waals surface area contributed by atoms with Crippen LogP contribution in [0.1, 0.15) is 25.1 Å². The molecule has 0 radical (unpaired) electrons. The maximum atomic E-state index is 12.2. The van der Waals surface area contributed by atoms with Crippen molar-refractivity contribution in [2.24, 2.45) is 5.11 Å². The summed E-state index contributed by atoms with van der Waals surface area (Å²) in [6, 6.07) is 0. The van der Waals surface area contributed by atoms with Gasteiger partial charge in [-0.25, -0.2) is 18.5 Å². The van der Waals surface area contributed by atoms with E-state index in [0.29, 0.717) is 0 Å². The summed E-state index contributed by atoms with van der Waals surface area (Å²) in [6.07, 6.45) is -3.32. The first-order chi connectivity index (χ1) is 15.5. The lowest BCUT2D eigenvalue weighted by atomic mass is 10.2. The molecule has 192 valence electrons. The van der Waals surface area contributed by atoms with E-state index in [1.165, 1.54) is 20.0 Å². The van der Waals surface area contributed by atoms with Gasteiger partial charge >= 0.3 is 29.2 Å². The molecule has 34 heavy (non-hydrogen) atoms. The number of ether oxygens (including phenoxy) is 2. The third kappa shape index (κ3) is 8.52. The van der Waals surface area contributed by atoms with Gasteiger partial charge in [-0.05, 0) is 19.4 Å². The van der Waals surface area contributed by atoms with Crippen molar-refractivity contribution in [2.45, 2.75) is 44.9 Å². The van der Waals surface area contributed by atoms with Gasteiger partial charge in [0.15, 0.2) is 0 Å². The van der Waals surface area contributed by atoms with Crippen molar-refractivity contribution in [3.63, 3.8) is 0 Å². The molecule has 1 aliphatic rings. The molecule has 0 amide bonds. The van der Waals surface area contributed by atoms with Gasteiger partial charge in [-0.15, -0.1) is 0 Å². The average molecular weight is 551 g/mol. The number of rotatable bonds is 11. The van der Waals surface area contributed by atoms with Crippen molar-refractivity contribution in [3.05, 3.63) is 43.0 Å². The number of H-pyrrole nitrogens is 1. The van der Waals surface area contributed by atoms with Gasteiger partial charge in [0.1, 0.15) is 18.6 Å². The third-order valence-corrected chi connectivity index (χ3v) is 7.84. The second-order valence-corrected chi connectivity index (χ2v) is 11.1. The zero-order chi connectivity index (χ0) is 25.9. The molecule has 1 fully saturated rings. The molecule has 1 aromatic rings. The fourth-order valence-corrected chi connectivity index (χ4v) is 5.82. The van der Waals surface area contributed by atoms with Crippen LogP contribution in [-0.4, -0.2) is 54.2 Å². The molecule has 1 aliphatic heterocycles. The van der Waals surface area contributed by atoms with E-state index >= 15 is 0 Å². The van der Waals surface area contributed by atoms with Gasteiger partial charge in [0.2, 0.25) is 0 Å². The van der Waals surface area contributed by atoms with Gasteiger partial charge in [0.25, 0.3) is 5.56 Å². The quantitative estimate of drug-likeness (QED) is 0.108. The minimum Gasteiger partial charge on any atom is -0.366 e. The fourth-order valence-electron chi connectivity index (χ4n) is 2.79. The van der Waals surface area contributed by atoms with Crippen molar-refractivity contribution in [2.75, 3.05) is 6.61 Å². The minimum atomic E-state index is -5.73. The number of phosphoric acid groups is 3. The molecule has 1 saturated heterocycles.